The number of carbonyl (C=O) groups is 1. The number of aromatic nitrogens is 1. The third-order valence-electron chi connectivity index (χ3n) is 4.44. The fourth-order valence-electron chi connectivity index (χ4n) is 2.88. The van der Waals surface area contributed by atoms with Gasteiger partial charge in [-0.25, -0.2) is 0 Å². The van der Waals surface area contributed by atoms with Gasteiger partial charge in [0, 0.05) is 19.3 Å². The molecule has 0 radical (unpaired) electrons. The van der Waals surface area contributed by atoms with Crippen LogP contribution in [-0.2, 0) is 14.3 Å². The summed E-state index contributed by atoms with van der Waals surface area (Å²) < 4.78 is 9.36. The van der Waals surface area contributed by atoms with E-state index in [0.717, 1.165) is 24.4 Å². The molecule has 3 rings (SSSR count). The van der Waals surface area contributed by atoms with Crippen molar-refractivity contribution in [2.45, 2.75) is 4.75 Å². The maximum atomic E-state index is 13.1. The number of hydrogen-bond acceptors (Lipinski definition) is 6. The van der Waals surface area contributed by atoms with E-state index in [1.165, 1.54) is 0 Å². The van der Waals surface area contributed by atoms with Crippen LogP contribution >= 0.6 is 12.6 Å². The van der Waals surface area contributed by atoms with Crippen LogP contribution in [0, 0.1) is 0 Å². The number of morpholine rings is 1. The molecule has 1 saturated heterocycles. The molecule has 1 aromatic heterocycles. The average molecular weight is 373 g/mol. The van der Waals surface area contributed by atoms with Crippen molar-refractivity contribution in [3.8, 4) is 5.75 Å². The SMILES string of the molecule is COc1ccc(C(S)(C(=O)NCN2CCOCC2)c2ccccn2)cc1. The Morgan fingerprint density at radius 2 is 2.00 bits per heavy atom. The Kier molecular flexibility index (Phi) is 6.13. The highest BCUT2D eigenvalue weighted by atomic mass is 32.1. The van der Waals surface area contributed by atoms with Gasteiger partial charge >= 0.3 is 0 Å². The minimum absolute atomic E-state index is 0.212. The molecule has 0 spiro atoms. The van der Waals surface area contributed by atoms with Crippen LogP contribution in [0.3, 0.4) is 0 Å². The lowest BCUT2D eigenvalue weighted by Crippen LogP contribution is -2.49. The number of amides is 1. The highest BCUT2D eigenvalue weighted by Gasteiger charge is 2.40. The molecule has 1 aliphatic rings. The number of methoxy groups -OCH3 is 1. The van der Waals surface area contributed by atoms with E-state index in [4.69, 9.17) is 22.1 Å². The van der Waals surface area contributed by atoms with Crippen molar-refractivity contribution >= 4 is 18.5 Å². The van der Waals surface area contributed by atoms with Gasteiger partial charge in [-0.15, -0.1) is 0 Å². The zero-order valence-corrected chi connectivity index (χ0v) is 15.6. The second kappa shape index (κ2) is 8.53. The van der Waals surface area contributed by atoms with Gasteiger partial charge in [0.25, 0.3) is 0 Å². The van der Waals surface area contributed by atoms with Crippen molar-refractivity contribution in [1.82, 2.24) is 15.2 Å². The zero-order chi connectivity index (χ0) is 18.4. The van der Waals surface area contributed by atoms with E-state index in [1.807, 2.05) is 42.5 Å². The third-order valence-corrected chi connectivity index (χ3v) is 5.13. The van der Waals surface area contributed by atoms with Gasteiger partial charge in [0.1, 0.15) is 5.75 Å². The molecule has 1 amide bonds. The number of hydrogen-bond donors (Lipinski definition) is 2. The monoisotopic (exact) mass is 373 g/mol. The summed E-state index contributed by atoms with van der Waals surface area (Å²) >= 11 is 4.80. The maximum absolute atomic E-state index is 13.1. The summed E-state index contributed by atoms with van der Waals surface area (Å²) in [5.74, 6) is 0.510. The highest BCUT2D eigenvalue weighted by Crippen LogP contribution is 2.36. The molecule has 7 heteroatoms. The van der Waals surface area contributed by atoms with Crippen molar-refractivity contribution < 1.29 is 14.3 Å². The van der Waals surface area contributed by atoms with Crippen LogP contribution in [0.15, 0.2) is 48.7 Å². The first kappa shape index (κ1) is 18.7. The molecule has 1 aromatic carbocycles. The maximum Gasteiger partial charge on any atom is 0.247 e. The van der Waals surface area contributed by atoms with E-state index in [-0.39, 0.29) is 5.91 Å². The molecular formula is C19H23N3O3S. The molecule has 1 atom stereocenters. The Morgan fingerprint density at radius 3 is 2.62 bits per heavy atom. The molecule has 138 valence electrons. The third kappa shape index (κ3) is 4.00. The summed E-state index contributed by atoms with van der Waals surface area (Å²) in [6, 6.07) is 12.8. The Bertz CT molecular complexity index is 721. The fraction of sp³-hybridized carbons (Fsp3) is 0.368. The lowest BCUT2D eigenvalue weighted by molar-refractivity contribution is -0.123. The number of carbonyl (C=O) groups excluding carboxylic acids is 1. The number of ether oxygens (including phenoxy) is 2. The number of pyridine rings is 1. The molecule has 2 aromatic rings. The molecule has 1 unspecified atom stereocenters. The summed E-state index contributed by atoms with van der Waals surface area (Å²) in [6.07, 6.45) is 1.67. The van der Waals surface area contributed by atoms with Gasteiger partial charge in [-0.1, -0.05) is 18.2 Å². The summed E-state index contributed by atoms with van der Waals surface area (Å²) in [5, 5.41) is 3.00. The van der Waals surface area contributed by atoms with Gasteiger partial charge in [-0.3, -0.25) is 14.7 Å². The summed E-state index contributed by atoms with van der Waals surface area (Å²) in [7, 11) is 1.61. The number of rotatable bonds is 6. The van der Waals surface area contributed by atoms with Gasteiger partial charge in [-0.05, 0) is 29.8 Å². The van der Waals surface area contributed by atoms with Crippen molar-refractivity contribution in [3.05, 3.63) is 59.9 Å². The topological polar surface area (TPSA) is 63.7 Å². The number of thiol groups is 1. The zero-order valence-electron chi connectivity index (χ0n) is 14.7. The number of benzene rings is 1. The summed E-state index contributed by atoms with van der Waals surface area (Å²) in [4.78, 5) is 19.7. The minimum Gasteiger partial charge on any atom is -0.497 e. The highest BCUT2D eigenvalue weighted by molar-refractivity contribution is 7.82. The fourth-order valence-corrected chi connectivity index (χ4v) is 3.24. The number of nitrogens with zero attached hydrogens (tertiary/aromatic N) is 2. The van der Waals surface area contributed by atoms with Crippen molar-refractivity contribution in [2.24, 2.45) is 0 Å². The predicted octanol–water partition coefficient (Wildman–Crippen LogP) is 1.67. The largest absolute Gasteiger partial charge is 0.497 e. The van der Waals surface area contributed by atoms with Crippen LogP contribution in [0.5, 0.6) is 5.75 Å². The second-order valence-electron chi connectivity index (χ2n) is 6.05. The second-order valence-corrected chi connectivity index (χ2v) is 6.72. The first-order chi connectivity index (χ1) is 12.6. The van der Waals surface area contributed by atoms with Crippen molar-refractivity contribution in [1.29, 1.82) is 0 Å². The lowest BCUT2D eigenvalue weighted by atomic mass is 9.92. The molecule has 1 aliphatic heterocycles. The van der Waals surface area contributed by atoms with E-state index in [1.54, 1.807) is 13.3 Å². The Labute approximate surface area is 158 Å². The van der Waals surface area contributed by atoms with Gasteiger partial charge < -0.3 is 14.8 Å². The lowest BCUT2D eigenvalue weighted by Gasteiger charge is -2.31. The molecule has 1 N–H and O–H groups in total. The first-order valence-corrected chi connectivity index (χ1v) is 8.96. The minimum atomic E-state index is -1.19. The molecule has 1 fully saturated rings. The van der Waals surface area contributed by atoms with E-state index in [2.05, 4.69) is 15.2 Å². The quantitative estimate of drug-likeness (QED) is 0.754. The smallest absolute Gasteiger partial charge is 0.247 e. The molecular weight excluding hydrogens is 350 g/mol. The van der Waals surface area contributed by atoms with E-state index in [9.17, 15) is 4.79 Å². The summed E-state index contributed by atoms with van der Waals surface area (Å²) in [5.41, 5.74) is 1.31. The Hall–Kier alpha value is -2.09. The van der Waals surface area contributed by atoms with Crippen molar-refractivity contribution in [3.63, 3.8) is 0 Å². The van der Waals surface area contributed by atoms with Gasteiger partial charge in [-0.2, -0.15) is 12.6 Å². The van der Waals surface area contributed by atoms with Crippen LogP contribution in [0.1, 0.15) is 11.3 Å². The Morgan fingerprint density at radius 1 is 1.27 bits per heavy atom. The Balaban J connectivity index is 1.85. The first-order valence-electron chi connectivity index (χ1n) is 8.51. The van der Waals surface area contributed by atoms with Gasteiger partial charge in [0.05, 0.1) is 32.7 Å². The summed E-state index contributed by atoms with van der Waals surface area (Å²) in [6.45, 7) is 3.41. The van der Waals surface area contributed by atoms with Crippen LogP contribution in [-0.4, -0.2) is 55.9 Å². The van der Waals surface area contributed by atoms with E-state index < -0.39 is 4.75 Å². The van der Waals surface area contributed by atoms with E-state index in [0.29, 0.717) is 25.6 Å². The molecule has 26 heavy (non-hydrogen) atoms. The molecule has 2 heterocycles. The van der Waals surface area contributed by atoms with Crippen LogP contribution in [0.2, 0.25) is 0 Å². The molecule has 0 saturated carbocycles. The van der Waals surface area contributed by atoms with Crippen molar-refractivity contribution in [2.75, 3.05) is 40.1 Å². The average Bonchev–Trinajstić information content (AvgIpc) is 2.73. The van der Waals surface area contributed by atoms with Gasteiger partial charge in [0.15, 0.2) is 4.75 Å². The van der Waals surface area contributed by atoms with Crippen LogP contribution in [0.4, 0.5) is 0 Å². The predicted molar refractivity (Wildman–Crippen MR) is 102 cm³/mol. The van der Waals surface area contributed by atoms with Crippen LogP contribution < -0.4 is 10.1 Å². The van der Waals surface area contributed by atoms with Gasteiger partial charge in [0.2, 0.25) is 5.91 Å². The molecule has 6 nitrogen and oxygen atoms in total. The van der Waals surface area contributed by atoms with E-state index >= 15 is 0 Å². The standard InChI is InChI=1S/C19H23N3O3S/c1-24-16-7-5-15(6-8-16)19(26,17-4-2-3-9-20-17)18(23)21-14-22-10-12-25-13-11-22/h2-9,26H,10-14H2,1H3,(H,21,23). The molecule has 0 bridgehead atoms. The molecule has 0 aliphatic carbocycles. The normalized spacial score (nSPS) is 17.3. The van der Waals surface area contributed by atoms with Crippen LogP contribution in [0.25, 0.3) is 0 Å². The number of nitrogens with one attached hydrogen (secondary N) is 1.